The Morgan fingerprint density at radius 2 is 1.90 bits per heavy atom. The second-order valence-corrected chi connectivity index (χ2v) is 7.73. The number of nitrogens with zero attached hydrogens (tertiary/aromatic N) is 5. The van der Waals surface area contributed by atoms with Gasteiger partial charge >= 0.3 is 28.4 Å². The fourth-order valence-corrected chi connectivity index (χ4v) is 3.56. The molecule has 2 aliphatic heterocycles. The average molecular weight is 429 g/mol. The van der Waals surface area contributed by atoms with Crippen LogP contribution in [0.5, 0.6) is 0 Å². The molecule has 0 radical (unpaired) electrons. The predicted molar refractivity (Wildman–Crippen MR) is 95.5 cm³/mol. The van der Waals surface area contributed by atoms with Crippen LogP contribution >= 0.6 is 0 Å². The normalized spacial score (nSPS) is 21.1. The van der Waals surface area contributed by atoms with E-state index in [0.29, 0.717) is 5.06 Å². The van der Waals surface area contributed by atoms with Gasteiger partial charge in [-0.05, 0) is 18.0 Å². The summed E-state index contributed by atoms with van der Waals surface area (Å²) in [5, 5.41) is 1.54. The summed E-state index contributed by atoms with van der Waals surface area (Å²) in [4.78, 5) is 40.3. The van der Waals surface area contributed by atoms with Crippen molar-refractivity contribution in [1.82, 2.24) is 20.3 Å². The minimum absolute atomic E-state index is 0.0414. The van der Waals surface area contributed by atoms with Crippen LogP contribution in [0.4, 0.5) is 9.59 Å². The van der Waals surface area contributed by atoms with Gasteiger partial charge in [0.2, 0.25) is 12.4 Å². The SMILES string of the molecule is CN(C)C(=O)NN(C(=O)[C@H]1CC[C@@H]2CN1C(=O)N2OS(=O)(=O)O)[n+]1ccccc1. The van der Waals surface area contributed by atoms with Crippen molar-refractivity contribution in [3.05, 3.63) is 30.6 Å². The Balaban J connectivity index is 1.85. The molecule has 5 amide bonds. The molecule has 14 heteroatoms. The summed E-state index contributed by atoms with van der Waals surface area (Å²) in [5.74, 6) is -0.600. The molecule has 0 aromatic carbocycles. The molecule has 1 aromatic rings. The highest BCUT2D eigenvalue weighted by Gasteiger charge is 2.51. The molecule has 29 heavy (non-hydrogen) atoms. The summed E-state index contributed by atoms with van der Waals surface area (Å²) in [7, 11) is -1.87. The Hall–Kier alpha value is -2.97. The van der Waals surface area contributed by atoms with Crippen molar-refractivity contribution in [2.24, 2.45) is 0 Å². The van der Waals surface area contributed by atoms with Gasteiger partial charge in [0.1, 0.15) is 6.04 Å². The van der Waals surface area contributed by atoms with Gasteiger partial charge in [-0.15, -0.1) is 4.28 Å². The molecule has 0 aliphatic carbocycles. The van der Waals surface area contributed by atoms with Crippen LogP contribution in [-0.4, -0.2) is 78.5 Å². The molecule has 1 aromatic heterocycles. The molecule has 0 unspecified atom stereocenters. The number of hydrazine groups is 1. The number of amides is 5. The van der Waals surface area contributed by atoms with E-state index in [0.717, 1.165) is 10.0 Å². The van der Waals surface area contributed by atoms with Gasteiger partial charge in [-0.2, -0.15) is 18.9 Å². The van der Waals surface area contributed by atoms with Crippen LogP contribution in [0, 0.1) is 0 Å². The lowest BCUT2D eigenvalue weighted by atomic mass is 10.0. The molecule has 3 heterocycles. The number of rotatable bonds is 4. The standard InChI is InChI=1S/C15H20N6O7S/c1-17(2)14(23)16-21(18-8-4-3-5-9-18)13(22)12-7-6-11-10-19(12)15(24)20(11)28-29(25,26)27/h3-5,8-9,11-12H,6-7,10H2,1-2H3,(H-,16,23,25,26,27)/p+1/t11-,12-/m1/s1. The number of piperidine rings is 1. The monoisotopic (exact) mass is 429 g/mol. The first-order chi connectivity index (χ1) is 13.6. The smallest absolute Gasteiger partial charge is 0.329 e. The number of carbonyl (C=O) groups is 3. The van der Waals surface area contributed by atoms with Crippen molar-refractivity contribution in [1.29, 1.82) is 0 Å². The molecule has 0 spiro atoms. The number of urea groups is 2. The highest BCUT2D eigenvalue weighted by atomic mass is 32.3. The van der Waals surface area contributed by atoms with E-state index in [2.05, 4.69) is 9.71 Å². The Labute approximate surface area is 166 Å². The van der Waals surface area contributed by atoms with E-state index in [1.54, 1.807) is 30.6 Å². The number of pyridine rings is 1. The van der Waals surface area contributed by atoms with Crippen LogP contribution in [0.1, 0.15) is 12.8 Å². The van der Waals surface area contributed by atoms with Gasteiger partial charge < -0.3 is 9.80 Å². The molecule has 2 saturated heterocycles. The van der Waals surface area contributed by atoms with E-state index in [1.807, 2.05) is 0 Å². The number of carbonyl (C=O) groups excluding carboxylic acids is 3. The van der Waals surface area contributed by atoms with Crippen molar-refractivity contribution >= 4 is 28.4 Å². The Morgan fingerprint density at radius 1 is 1.24 bits per heavy atom. The van der Waals surface area contributed by atoms with Crippen molar-refractivity contribution in [3.8, 4) is 0 Å². The first-order valence-corrected chi connectivity index (χ1v) is 10.0. The van der Waals surface area contributed by atoms with Gasteiger partial charge in [-0.3, -0.25) is 9.35 Å². The Morgan fingerprint density at radius 3 is 2.48 bits per heavy atom. The lowest BCUT2D eigenvalue weighted by molar-refractivity contribution is -0.688. The average Bonchev–Trinajstić information content (AvgIpc) is 2.89. The van der Waals surface area contributed by atoms with Crippen molar-refractivity contribution in [3.63, 3.8) is 0 Å². The van der Waals surface area contributed by atoms with Gasteiger partial charge in [0.05, 0.1) is 6.04 Å². The minimum Gasteiger partial charge on any atom is -0.329 e. The van der Waals surface area contributed by atoms with E-state index < -0.39 is 40.5 Å². The predicted octanol–water partition coefficient (Wildman–Crippen LogP) is -1.37. The van der Waals surface area contributed by atoms with E-state index in [4.69, 9.17) is 4.55 Å². The third kappa shape index (κ3) is 4.38. The summed E-state index contributed by atoms with van der Waals surface area (Å²) in [6, 6.07) is 2.02. The molecule has 2 fully saturated rings. The van der Waals surface area contributed by atoms with Crippen LogP contribution in [0.25, 0.3) is 0 Å². The zero-order chi connectivity index (χ0) is 21.3. The molecule has 2 bridgehead atoms. The second kappa shape index (κ2) is 7.81. The summed E-state index contributed by atoms with van der Waals surface area (Å²) >= 11 is 0. The maximum atomic E-state index is 13.2. The number of aromatic nitrogens is 1. The molecule has 2 atom stereocenters. The topological polar surface area (TPSA) is 144 Å². The number of fused-ring (bicyclic) bond motifs is 2. The maximum absolute atomic E-state index is 13.2. The first-order valence-electron chi connectivity index (χ1n) is 8.64. The Bertz CT molecular complexity index is 909. The van der Waals surface area contributed by atoms with Crippen molar-refractivity contribution < 1.29 is 36.3 Å². The van der Waals surface area contributed by atoms with Crippen molar-refractivity contribution in [2.75, 3.05) is 25.8 Å². The summed E-state index contributed by atoms with van der Waals surface area (Å²) in [5.41, 5.74) is 2.47. The van der Waals surface area contributed by atoms with Gasteiger partial charge in [0.15, 0.2) is 0 Å². The van der Waals surface area contributed by atoms with Crippen LogP contribution in [0.2, 0.25) is 0 Å². The highest BCUT2D eigenvalue weighted by molar-refractivity contribution is 7.80. The van der Waals surface area contributed by atoms with Gasteiger partial charge in [0.25, 0.3) is 0 Å². The number of hydrogen-bond donors (Lipinski definition) is 2. The first kappa shape index (κ1) is 20.8. The third-order valence-electron chi connectivity index (χ3n) is 4.53. The van der Waals surface area contributed by atoms with E-state index in [1.165, 1.54) is 23.7 Å². The van der Waals surface area contributed by atoms with E-state index >= 15 is 0 Å². The van der Waals surface area contributed by atoms with Crippen LogP contribution < -0.4 is 15.2 Å². The molecule has 158 valence electrons. The lowest BCUT2D eigenvalue weighted by Gasteiger charge is -2.30. The largest absolute Gasteiger partial charge is 0.418 e. The van der Waals surface area contributed by atoms with Gasteiger partial charge in [0, 0.05) is 32.8 Å². The molecule has 2 aliphatic rings. The van der Waals surface area contributed by atoms with Crippen LogP contribution in [-0.2, 0) is 19.5 Å². The zero-order valence-electron chi connectivity index (χ0n) is 15.7. The number of nitrogens with one attached hydrogen (secondary N) is 1. The van der Waals surface area contributed by atoms with Crippen LogP contribution in [0.15, 0.2) is 30.6 Å². The lowest BCUT2D eigenvalue weighted by Crippen LogP contribution is -2.72. The molecule has 3 rings (SSSR count). The molecular formula is C15H21N6O7S+. The maximum Gasteiger partial charge on any atom is 0.418 e. The van der Waals surface area contributed by atoms with E-state index in [9.17, 15) is 22.8 Å². The minimum atomic E-state index is -4.89. The molecular weight excluding hydrogens is 408 g/mol. The fraction of sp³-hybridized carbons (Fsp3) is 0.467. The number of hydrogen-bond acceptors (Lipinski definition) is 6. The second-order valence-electron chi connectivity index (χ2n) is 6.73. The summed E-state index contributed by atoms with van der Waals surface area (Å²) in [6.45, 7) is 0.0414. The van der Waals surface area contributed by atoms with Crippen LogP contribution in [0.3, 0.4) is 0 Å². The fourth-order valence-electron chi connectivity index (χ4n) is 3.17. The molecule has 13 nitrogen and oxygen atoms in total. The van der Waals surface area contributed by atoms with Crippen molar-refractivity contribution in [2.45, 2.75) is 24.9 Å². The Kier molecular flexibility index (Phi) is 5.59. The molecule has 0 saturated carbocycles. The quantitative estimate of drug-likeness (QED) is 0.341. The number of hydroxylamine groups is 2. The molecule has 2 N–H and O–H groups in total. The zero-order valence-corrected chi connectivity index (χ0v) is 16.5. The highest BCUT2D eigenvalue weighted by Crippen LogP contribution is 2.31. The third-order valence-corrected chi connectivity index (χ3v) is 4.88. The van der Waals surface area contributed by atoms with Gasteiger partial charge in [-0.25, -0.2) is 9.59 Å². The van der Waals surface area contributed by atoms with Gasteiger partial charge in [-0.1, -0.05) is 10.7 Å². The summed E-state index contributed by atoms with van der Waals surface area (Å²) in [6.07, 6.45) is 3.56. The summed E-state index contributed by atoms with van der Waals surface area (Å²) < 4.78 is 36.6. The van der Waals surface area contributed by atoms with E-state index in [-0.39, 0.29) is 19.4 Å².